The average molecular weight is 393 g/mol. The third-order valence-electron chi connectivity index (χ3n) is 4.67. The number of halogens is 1. The third-order valence-corrected chi connectivity index (χ3v) is 5.82. The number of amides is 1. The maximum absolute atomic E-state index is 13.1. The van der Waals surface area contributed by atoms with Crippen LogP contribution in [-0.2, 0) is 13.0 Å². The fourth-order valence-corrected chi connectivity index (χ4v) is 4.21. The van der Waals surface area contributed by atoms with Gasteiger partial charge in [-0.05, 0) is 54.8 Å². The van der Waals surface area contributed by atoms with Gasteiger partial charge in [0.1, 0.15) is 10.6 Å². The number of carbonyl (C=O) groups is 1. The third kappa shape index (κ3) is 3.68. The van der Waals surface area contributed by atoms with Crippen molar-refractivity contribution in [2.24, 2.45) is 0 Å². The molecule has 2 aromatic heterocycles. The number of aryl methyl sites for hydroxylation is 2. The second-order valence-corrected chi connectivity index (χ2v) is 7.74. The molecule has 28 heavy (non-hydrogen) atoms. The van der Waals surface area contributed by atoms with Crippen LogP contribution in [0.1, 0.15) is 33.4 Å². The van der Waals surface area contributed by atoms with Crippen LogP contribution in [0, 0.1) is 12.7 Å². The molecule has 4 nitrogen and oxygen atoms in total. The number of fused-ring (bicyclic) bond motifs is 1. The Morgan fingerprint density at radius 3 is 2.68 bits per heavy atom. The van der Waals surface area contributed by atoms with E-state index in [1.54, 1.807) is 12.1 Å². The van der Waals surface area contributed by atoms with Gasteiger partial charge >= 0.3 is 0 Å². The van der Waals surface area contributed by atoms with Gasteiger partial charge < -0.3 is 5.32 Å². The molecule has 0 radical (unpaired) electrons. The Morgan fingerprint density at radius 1 is 1.14 bits per heavy atom. The summed E-state index contributed by atoms with van der Waals surface area (Å²) >= 11 is 1.42. The highest BCUT2D eigenvalue weighted by Crippen LogP contribution is 2.29. The zero-order chi connectivity index (χ0) is 19.7. The molecular weight excluding hydrogens is 373 g/mol. The monoisotopic (exact) mass is 393 g/mol. The normalized spacial score (nSPS) is 11.1. The number of nitrogens with one attached hydrogen (secondary N) is 1. The molecular formula is C22H20FN3OS. The number of hydrogen-bond donors (Lipinski definition) is 1. The first-order valence-electron chi connectivity index (χ1n) is 9.15. The number of hydrogen-bond acceptors (Lipinski definition) is 3. The van der Waals surface area contributed by atoms with Crippen LogP contribution >= 0.6 is 11.3 Å². The zero-order valence-electron chi connectivity index (χ0n) is 15.7. The van der Waals surface area contributed by atoms with E-state index in [0.717, 1.165) is 33.6 Å². The van der Waals surface area contributed by atoms with Crippen molar-refractivity contribution in [1.29, 1.82) is 0 Å². The molecule has 1 N–H and O–H groups in total. The largest absolute Gasteiger partial charge is 0.321 e. The van der Waals surface area contributed by atoms with E-state index in [1.807, 2.05) is 41.9 Å². The van der Waals surface area contributed by atoms with Gasteiger partial charge in [0.05, 0.1) is 17.1 Å². The summed E-state index contributed by atoms with van der Waals surface area (Å²) in [5.41, 5.74) is 3.81. The van der Waals surface area contributed by atoms with Crippen LogP contribution in [0.4, 0.5) is 10.1 Å². The summed E-state index contributed by atoms with van der Waals surface area (Å²) in [6.07, 6.45) is 0.922. The summed E-state index contributed by atoms with van der Waals surface area (Å²) < 4.78 is 15.0. The Labute approximate surface area is 166 Å². The molecule has 2 heterocycles. The number of benzene rings is 2. The van der Waals surface area contributed by atoms with E-state index < -0.39 is 0 Å². The minimum absolute atomic E-state index is 0.123. The Balaban J connectivity index is 1.60. The summed E-state index contributed by atoms with van der Waals surface area (Å²) in [7, 11) is 0. The number of nitrogens with zero attached hydrogens (tertiary/aromatic N) is 2. The molecule has 0 aliphatic rings. The molecule has 0 aliphatic carbocycles. The van der Waals surface area contributed by atoms with Gasteiger partial charge in [-0.25, -0.2) is 4.39 Å². The van der Waals surface area contributed by atoms with E-state index in [2.05, 4.69) is 17.3 Å². The number of rotatable bonds is 5. The van der Waals surface area contributed by atoms with E-state index >= 15 is 0 Å². The molecule has 0 fully saturated rings. The predicted molar refractivity (Wildman–Crippen MR) is 112 cm³/mol. The van der Waals surface area contributed by atoms with Crippen LogP contribution in [0.15, 0.2) is 54.6 Å². The Hall–Kier alpha value is -2.99. The quantitative estimate of drug-likeness (QED) is 0.493. The molecule has 0 unspecified atom stereocenters. The summed E-state index contributed by atoms with van der Waals surface area (Å²) in [6, 6.07) is 16.2. The maximum Gasteiger partial charge on any atom is 0.265 e. The molecule has 4 rings (SSSR count). The summed E-state index contributed by atoms with van der Waals surface area (Å²) in [5, 5.41) is 8.53. The molecule has 1 amide bonds. The van der Waals surface area contributed by atoms with Crippen molar-refractivity contribution in [1.82, 2.24) is 9.78 Å². The van der Waals surface area contributed by atoms with Gasteiger partial charge in [-0.2, -0.15) is 5.10 Å². The molecule has 6 heteroatoms. The van der Waals surface area contributed by atoms with E-state index in [0.29, 0.717) is 11.4 Å². The van der Waals surface area contributed by atoms with Gasteiger partial charge in [0.2, 0.25) is 0 Å². The Bertz CT molecular complexity index is 1140. The highest BCUT2D eigenvalue weighted by molar-refractivity contribution is 7.20. The van der Waals surface area contributed by atoms with Crippen LogP contribution in [0.5, 0.6) is 0 Å². The van der Waals surface area contributed by atoms with Crippen molar-refractivity contribution >= 4 is 33.1 Å². The van der Waals surface area contributed by atoms with Gasteiger partial charge in [0.25, 0.3) is 5.91 Å². The highest BCUT2D eigenvalue weighted by Gasteiger charge is 2.17. The lowest BCUT2D eigenvalue weighted by atomic mass is 10.1. The number of carbonyl (C=O) groups excluding carboxylic acids is 1. The first-order chi connectivity index (χ1) is 13.5. The molecule has 142 valence electrons. The summed E-state index contributed by atoms with van der Waals surface area (Å²) in [4.78, 5) is 14.3. The maximum atomic E-state index is 13.1. The summed E-state index contributed by atoms with van der Waals surface area (Å²) in [6.45, 7) is 4.55. The van der Waals surface area contributed by atoms with E-state index in [1.165, 1.54) is 29.0 Å². The molecule has 0 atom stereocenters. The topological polar surface area (TPSA) is 46.9 Å². The lowest BCUT2D eigenvalue weighted by Crippen LogP contribution is -2.10. The molecule has 4 aromatic rings. The van der Waals surface area contributed by atoms with Crippen molar-refractivity contribution in [3.8, 4) is 0 Å². The minimum Gasteiger partial charge on any atom is -0.321 e. The van der Waals surface area contributed by atoms with E-state index in [9.17, 15) is 9.18 Å². The first-order valence-corrected chi connectivity index (χ1v) is 9.97. The Morgan fingerprint density at radius 2 is 1.93 bits per heavy atom. The fourth-order valence-electron chi connectivity index (χ4n) is 3.16. The van der Waals surface area contributed by atoms with Crippen molar-refractivity contribution in [3.05, 3.63) is 82.1 Å². The molecule has 0 saturated carbocycles. The smallest absolute Gasteiger partial charge is 0.265 e. The molecule has 0 bridgehead atoms. The number of anilines is 1. The van der Waals surface area contributed by atoms with Crippen molar-refractivity contribution in [3.63, 3.8) is 0 Å². The van der Waals surface area contributed by atoms with Crippen LogP contribution in [-0.4, -0.2) is 15.7 Å². The molecule has 2 aromatic carbocycles. The number of thiophene rings is 1. The van der Waals surface area contributed by atoms with Crippen molar-refractivity contribution in [2.75, 3.05) is 5.32 Å². The minimum atomic E-state index is -0.257. The lowest BCUT2D eigenvalue weighted by molar-refractivity contribution is 0.103. The van der Waals surface area contributed by atoms with Gasteiger partial charge in [-0.15, -0.1) is 11.3 Å². The van der Waals surface area contributed by atoms with E-state index in [4.69, 9.17) is 0 Å². The lowest BCUT2D eigenvalue weighted by Gasteiger charge is -2.05. The van der Waals surface area contributed by atoms with Gasteiger partial charge in [-0.1, -0.05) is 31.2 Å². The first kappa shape index (κ1) is 18.4. The second-order valence-electron chi connectivity index (χ2n) is 6.71. The van der Waals surface area contributed by atoms with Gasteiger partial charge in [-0.3, -0.25) is 9.48 Å². The SMILES string of the molecule is CCc1cccc(NC(=O)c2cc3c(C)nn(Cc4ccc(F)cc4)c3s2)c1. The van der Waals surface area contributed by atoms with Crippen molar-refractivity contribution < 1.29 is 9.18 Å². The van der Waals surface area contributed by atoms with Crippen LogP contribution < -0.4 is 5.32 Å². The zero-order valence-corrected chi connectivity index (χ0v) is 16.5. The second kappa shape index (κ2) is 7.56. The summed E-state index contributed by atoms with van der Waals surface area (Å²) in [5.74, 6) is -0.380. The van der Waals surface area contributed by atoms with Gasteiger partial charge in [0.15, 0.2) is 0 Å². The average Bonchev–Trinajstić information content (AvgIpc) is 3.25. The highest BCUT2D eigenvalue weighted by atomic mass is 32.1. The van der Waals surface area contributed by atoms with Crippen LogP contribution in [0.25, 0.3) is 10.2 Å². The molecule has 0 aliphatic heterocycles. The van der Waals surface area contributed by atoms with E-state index in [-0.39, 0.29) is 11.7 Å². The molecule has 0 spiro atoms. The van der Waals surface area contributed by atoms with Crippen LogP contribution in [0.3, 0.4) is 0 Å². The van der Waals surface area contributed by atoms with Crippen LogP contribution in [0.2, 0.25) is 0 Å². The molecule has 0 saturated heterocycles. The number of aromatic nitrogens is 2. The van der Waals surface area contributed by atoms with Gasteiger partial charge in [0, 0.05) is 11.1 Å². The standard InChI is InChI=1S/C22H20FN3OS/c1-3-15-5-4-6-18(11-15)24-21(27)20-12-19-14(2)25-26(22(19)28-20)13-16-7-9-17(23)10-8-16/h4-12H,3,13H2,1-2H3,(H,24,27). The fraction of sp³-hybridized carbons (Fsp3) is 0.182. The predicted octanol–water partition coefficient (Wildman–Crippen LogP) is 5.41. The van der Waals surface area contributed by atoms with Crippen molar-refractivity contribution in [2.45, 2.75) is 26.8 Å². The Kier molecular flexibility index (Phi) is 4.96.